The Kier molecular flexibility index (Phi) is 13.5. The number of aryl methyl sites for hydroxylation is 1. The third-order valence-corrected chi connectivity index (χ3v) is 19.1. The molecular weight excluding hydrogens is 1150 g/mol. The van der Waals surface area contributed by atoms with Crippen molar-refractivity contribution in [2.75, 3.05) is 9.80 Å². The molecule has 2 aromatic heterocycles. The molecule has 2 aliphatic heterocycles. The summed E-state index contributed by atoms with van der Waals surface area (Å²) in [6.07, 6.45) is 0. The highest BCUT2D eigenvalue weighted by molar-refractivity contribution is 7.00. The fourth-order valence-corrected chi connectivity index (χ4v) is 14.8. The Balaban J connectivity index is 0.878. The summed E-state index contributed by atoms with van der Waals surface area (Å²) in [5.41, 5.74) is 31.2. The van der Waals surface area contributed by atoms with Crippen LogP contribution >= 0.6 is 0 Å². The lowest BCUT2D eigenvalue weighted by Gasteiger charge is -2.44. The van der Waals surface area contributed by atoms with Gasteiger partial charge in [0.1, 0.15) is 0 Å². The van der Waals surface area contributed by atoms with E-state index < -0.39 is 0 Å². The number of nitrogens with zero attached hydrogens (tertiary/aromatic N) is 5. The van der Waals surface area contributed by atoms with Crippen LogP contribution in [0.4, 0.5) is 34.1 Å². The molecule has 0 unspecified atom stereocenters. The minimum atomic E-state index is -0.0819. The maximum atomic E-state index is 5.31. The second kappa shape index (κ2) is 23.1. The van der Waals surface area contributed by atoms with Crippen LogP contribution in [0.3, 0.4) is 0 Å². The minimum Gasteiger partial charge on any atom is -0.311 e. The first-order valence-electron chi connectivity index (χ1n) is 32.6. The largest absolute Gasteiger partial charge is 0.311 e. The van der Waals surface area contributed by atoms with E-state index in [1.54, 1.807) is 0 Å². The molecule has 0 atom stereocenters. The van der Waals surface area contributed by atoms with Gasteiger partial charge in [0.25, 0.3) is 6.71 Å². The number of fused-ring (bicyclic) bond motifs is 7. The fourth-order valence-electron chi connectivity index (χ4n) is 14.8. The zero-order valence-corrected chi connectivity index (χ0v) is 52.2. The first kappa shape index (κ1) is 55.5. The molecule has 0 fully saturated rings. The van der Waals surface area contributed by atoms with E-state index in [4.69, 9.17) is 9.97 Å². The summed E-state index contributed by atoms with van der Waals surface area (Å²) in [6.45, 7) is 2.09. The Morgan fingerprint density at radius 1 is 0.253 bits per heavy atom. The zero-order valence-electron chi connectivity index (χ0n) is 52.2. The molecule has 5 nitrogen and oxygen atoms in total. The van der Waals surface area contributed by atoms with Gasteiger partial charge in [-0.1, -0.05) is 243 Å². The van der Waals surface area contributed by atoms with Crippen LogP contribution in [0.1, 0.15) is 5.56 Å². The van der Waals surface area contributed by atoms with E-state index in [2.05, 4.69) is 355 Å². The number of anilines is 6. The van der Waals surface area contributed by atoms with Gasteiger partial charge in [-0.3, -0.25) is 0 Å². The predicted molar refractivity (Wildman–Crippen MR) is 399 cm³/mol. The molecular formula is C89H60BN5. The van der Waals surface area contributed by atoms with E-state index in [-0.39, 0.29) is 6.71 Å². The summed E-state index contributed by atoms with van der Waals surface area (Å²) in [6, 6.07) is 127. The van der Waals surface area contributed by atoms with Crippen LogP contribution in [-0.2, 0) is 0 Å². The summed E-state index contributed by atoms with van der Waals surface area (Å²) in [5.74, 6) is 0.677. The lowest BCUT2D eigenvalue weighted by atomic mass is 9.33. The molecule has 0 saturated heterocycles. The van der Waals surface area contributed by atoms with E-state index >= 15 is 0 Å². The van der Waals surface area contributed by atoms with Gasteiger partial charge in [-0.2, -0.15) is 0 Å². The van der Waals surface area contributed by atoms with Crippen molar-refractivity contribution in [3.63, 3.8) is 0 Å². The van der Waals surface area contributed by atoms with Crippen LogP contribution in [0.15, 0.2) is 346 Å². The molecule has 2 aliphatic rings. The highest BCUT2D eigenvalue weighted by Gasteiger charge is 2.44. The smallest absolute Gasteiger partial charge is 0.252 e. The Hall–Kier alpha value is -12.4. The van der Waals surface area contributed by atoms with E-state index in [1.807, 2.05) is 12.1 Å². The minimum absolute atomic E-state index is 0.0819. The highest BCUT2D eigenvalue weighted by atomic mass is 15.2. The van der Waals surface area contributed by atoms with Crippen LogP contribution in [-0.4, -0.2) is 21.2 Å². The summed E-state index contributed by atoms with van der Waals surface area (Å²) in [4.78, 5) is 15.7. The van der Waals surface area contributed by atoms with E-state index in [0.29, 0.717) is 5.82 Å². The standard InChI is InChI=1S/C89H60BN5/c1-59-46-72(89-91-80(64-34-16-6-17-35-64)58-81(92-89)65-36-18-7-19-37-65)54-73(47-59)93-82-41-23-20-38-76(82)77-55-66(44-45-83(77)93)71-56-86-88-87(57-71)95(75-52-69(62-30-12-4-13-31-62)49-70(53-75)63-32-14-5-15-33-63)85-43-25-22-40-79(85)90(88)78-39-21-24-42-84(78)94(86)74-50-67(60-26-8-2-9-27-60)48-68(51-74)61-28-10-3-11-29-61/h2-58H,1H3. The molecule has 6 heteroatoms. The Morgan fingerprint density at radius 3 is 1.12 bits per heavy atom. The van der Waals surface area contributed by atoms with Gasteiger partial charge < -0.3 is 14.4 Å². The van der Waals surface area contributed by atoms with Gasteiger partial charge in [0.2, 0.25) is 0 Å². The molecule has 95 heavy (non-hydrogen) atoms. The second-order valence-electron chi connectivity index (χ2n) is 25.0. The van der Waals surface area contributed by atoms with Crippen molar-refractivity contribution in [2.24, 2.45) is 0 Å². The summed E-state index contributed by atoms with van der Waals surface area (Å²) >= 11 is 0. The summed E-state index contributed by atoms with van der Waals surface area (Å²) in [7, 11) is 0. The number of hydrogen-bond donors (Lipinski definition) is 0. The molecule has 0 N–H and O–H groups in total. The van der Waals surface area contributed by atoms with Gasteiger partial charge in [0.05, 0.1) is 22.4 Å². The van der Waals surface area contributed by atoms with Gasteiger partial charge >= 0.3 is 0 Å². The lowest BCUT2D eigenvalue weighted by Crippen LogP contribution is -2.61. The molecule has 14 aromatic carbocycles. The molecule has 4 heterocycles. The van der Waals surface area contributed by atoms with E-state index in [0.717, 1.165) is 146 Å². The highest BCUT2D eigenvalue weighted by Crippen LogP contribution is 2.49. The van der Waals surface area contributed by atoms with Gasteiger partial charge in [-0.05, 0) is 188 Å². The van der Waals surface area contributed by atoms with E-state index in [9.17, 15) is 0 Å². The van der Waals surface area contributed by atoms with Crippen molar-refractivity contribution in [2.45, 2.75) is 6.92 Å². The van der Waals surface area contributed by atoms with Crippen LogP contribution in [0, 0.1) is 6.92 Å². The lowest BCUT2D eigenvalue weighted by molar-refractivity contribution is 1.15. The number of rotatable bonds is 11. The Morgan fingerprint density at radius 2 is 0.642 bits per heavy atom. The molecule has 0 saturated carbocycles. The molecule has 0 bridgehead atoms. The van der Waals surface area contributed by atoms with Gasteiger partial charge in [-0.15, -0.1) is 0 Å². The second-order valence-corrected chi connectivity index (χ2v) is 25.0. The van der Waals surface area contributed by atoms with Crippen LogP contribution < -0.4 is 26.2 Å². The van der Waals surface area contributed by atoms with Crippen molar-refractivity contribution < 1.29 is 0 Å². The fraction of sp³-hybridized carbons (Fsp3) is 0.0112. The van der Waals surface area contributed by atoms with Gasteiger partial charge in [0.15, 0.2) is 5.82 Å². The summed E-state index contributed by atoms with van der Waals surface area (Å²) in [5, 5.41) is 2.33. The topological polar surface area (TPSA) is 37.2 Å². The maximum absolute atomic E-state index is 5.31. The van der Waals surface area contributed by atoms with Gasteiger partial charge in [-0.25, -0.2) is 9.97 Å². The summed E-state index contributed by atoms with van der Waals surface area (Å²) < 4.78 is 2.43. The van der Waals surface area contributed by atoms with Crippen LogP contribution in [0.5, 0.6) is 0 Å². The first-order chi connectivity index (χ1) is 47.0. The number of hydrogen-bond acceptors (Lipinski definition) is 4. The quantitative estimate of drug-likeness (QED) is 0.121. The van der Waals surface area contributed by atoms with Crippen molar-refractivity contribution in [3.05, 3.63) is 351 Å². The average Bonchev–Trinajstić information content (AvgIpc) is 1.20. The maximum Gasteiger partial charge on any atom is 0.252 e. The molecule has 444 valence electrons. The number of benzene rings is 14. The monoisotopic (exact) mass is 1210 g/mol. The van der Waals surface area contributed by atoms with Crippen LogP contribution in [0.25, 0.3) is 117 Å². The molecule has 0 radical (unpaired) electrons. The SMILES string of the molecule is Cc1cc(-c2nc(-c3ccccc3)cc(-c3ccccc3)n2)cc(-n2c3ccccc3c3cc(-c4cc5c6c(c4)N(c4cc(-c7ccccc7)cc(-c7ccccc7)c4)c4ccccc4B6c4ccccc4N5c4cc(-c5ccccc5)cc(-c5ccccc5)c4)ccc32)c1. The van der Waals surface area contributed by atoms with Crippen molar-refractivity contribution in [1.82, 2.24) is 14.5 Å². The normalized spacial score (nSPS) is 12.2. The van der Waals surface area contributed by atoms with Crippen molar-refractivity contribution in [3.8, 4) is 95.2 Å². The van der Waals surface area contributed by atoms with E-state index in [1.165, 1.54) is 21.8 Å². The molecule has 0 aliphatic carbocycles. The molecule has 0 spiro atoms. The molecule has 18 rings (SSSR count). The van der Waals surface area contributed by atoms with Gasteiger partial charge in [0, 0.05) is 67.3 Å². The predicted octanol–water partition coefficient (Wildman–Crippen LogP) is 21.3. The molecule has 16 aromatic rings. The third kappa shape index (κ3) is 9.81. The zero-order chi connectivity index (χ0) is 62.9. The van der Waals surface area contributed by atoms with Crippen molar-refractivity contribution >= 4 is 79.0 Å². The first-order valence-corrected chi connectivity index (χ1v) is 32.6. The van der Waals surface area contributed by atoms with Crippen molar-refractivity contribution in [1.29, 1.82) is 0 Å². The van der Waals surface area contributed by atoms with Crippen LogP contribution in [0.2, 0.25) is 0 Å². The number of para-hydroxylation sites is 3. The Bertz CT molecular complexity index is 5250. The average molecular weight is 1210 g/mol. The Labute approximate surface area is 553 Å². The number of aromatic nitrogens is 3. The third-order valence-electron chi connectivity index (χ3n) is 19.1. The molecule has 0 amide bonds.